The topological polar surface area (TPSA) is 61.4 Å². The monoisotopic (exact) mass is 280 g/mol. The molecule has 0 fully saturated rings. The highest BCUT2D eigenvalue weighted by Gasteiger charge is 2.02. The molecule has 0 saturated carbocycles. The molecular weight excluding hydrogens is 264 g/mol. The molecule has 2 rings (SSSR count). The number of aryl methyl sites for hydroxylation is 1. The average molecular weight is 280 g/mol. The largest absolute Gasteiger partial charge is 0.384 e. The van der Waals surface area contributed by atoms with E-state index in [0.29, 0.717) is 5.69 Å². The third kappa shape index (κ3) is 4.68. The van der Waals surface area contributed by atoms with E-state index in [9.17, 15) is 4.79 Å². The van der Waals surface area contributed by atoms with Crippen LogP contribution in [0.25, 0.3) is 0 Å². The molecule has 0 aliphatic rings. The van der Waals surface area contributed by atoms with Gasteiger partial charge in [0.25, 0.3) is 0 Å². The SMILES string of the molecule is Cc1ccc(NC(=O)Nc2cccc(C#CCO)c2)cc1. The van der Waals surface area contributed by atoms with Gasteiger partial charge in [0.05, 0.1) is 0 Å². The lowest BCUT2D eigenvalue weighted by Gasteiger charge is -2.08. The Bertz CT molecular complexity index is 682. The van der Waals surface area contributed by atoms with Crippen LogP contribution in [0.5, 0.6) is 0 Å². The van der Waals surface area contributed by atoms with Crippen LogP contribution < -0.4 is 10.6 Å². The van der Waals surface area contributed by atoms with Gasteiger partial charge < -0.3 is 15.7 Å². The zero-order valence-corrected chi connectivity index (χ0v) is 11.7. The molecule has 21 heavy (non-hydrogen) atoms. The molecule has 0 heterocycles. The summed E-state index contributed by atoms with van der Waals surface area (Å²) >= 11 is 0. The van der Waals surface area contributed by atoms with E-state index in [1.54, 1.807) is 18.2 Å². The second-order valence-electron chi connectivity index (χ2n) is 4.49. The summed E-state index contributed by atoms with van der Waals surface area (Å²) in [5.74, 6) is 5.36. The molecule has 2 amide bonds. The molecule has 0 aliphatic heterocycles. The van der Waals surface area contributed by atoms with E-state index in [0.717, 1.165) is 16.8 Å². The maximum Gasteiger partial charge on any atom is 0.323 e. The maximum absolute atomic E-state index is 11.9. The van der Waals surface area contributed by atoms with Gasteiger partial charge in [-0.05, 0) is 37.3 Å². The van der Waals surface area contributed by atoms with Gasteiger partial charge in [-0.3, -0.25) is 0 Å². The Morgan fingerprint density at radius 2 is 1.81 bits per heavy atom. The van der Waals surface area contributed by atoms with E-state index in [2.05, 4.69) is 22.5 Å². The van der Waals surface area contributed by atoms with E-state index in [1.165, 1.54) is 0 Å². The molecule has 0 spiro atoms. The number of nitrogens with one attached hydrogen (secondary N) is 2. The Labute approximate surface area is 123 Å². The summed E-state index contributed by atoms with van der Waals surface area (Å²) in [7, 11) is 0. The molecule has 2 aromatic rings. The molecule has 4 heteroatoms. The van der Waals surface area contributed by atoms with Crippen LogP contribution in [0.3, 0.4) is 0 Å². The summed E-state index contributed by atoms with van der Waals surface area (Å²) in [6.45, 7) is 1.80. The molecule has 4 nitrogen and oxygen atoms in total. The van der Waals surface area contributed by atoms with Gasteiger partial charge in [0.1, 0.15) is 6.61 Å². The lowest BCUT2D eigenvalue weighted by Crippen LogP contribution is -2.19. The number of benzene rings is 2. The summed E-state index contributed by atoms with van der Waals surface area (Å²) < 4.78 is 0. The molecule has 0 bridgehead atoms. The van der Waals surface area contributed by atoms with Crippen molar-refractivity contribution in [2.24, 2.45) is 0 Å². The van der Waals surface area contributed by atoms with Crippen LogP contribution in [-0.2, 0) is 0 Å². The van der Waals surface area contributed by atoms with Gasteiger partial charge in [0, 0.05) is 16.9 Å². The van der Waals surface area contributed by atoms with Gasteiger partial charge in [-0.1, -0.05) is 35.6 Å². The van der Waals surface area contributed by atoms with Crippen molar-refractivity contribution < 1.29 is 9.90 Å². The molecule has 2 aromatic carbocycles. The lowest BCUT2D eigenvalue weighted by atomic mass is 10.2. The third-order valence-electron chi connectivity index (χ3n) is 2.74. The number of aliphatic hydroxyl groups excluding tert-OH is 1. The van der Waals surface area contributed by atoms with Gasteiger partial charge in [-0.15, -0.1) is 0 Å². The van der Waals surface area contributed by atoms with Crippen LogP contribution in [-0.4, -0.2) is 17.7 Å². The van der Waals surface area contributed by atoms with Crippen LogP contribution >= 0.6 is 0 Å². The highest BCUT2D eigenvalue weighted by atomic mass is 16.2. The Morgan fingerprint density at radius 3 is 2.52 bits per heavy atom. The van der Waals surface area contributed by atoms with E-state index >= 15 is 0 Å². The number of anilines is 2. The molecule has 0 saturated heterocycles. The van der Waals surface area contributed by atoms with Crippen molar-refractivity contribution in [3.63, 3.8) is 0 Å². The van der Waals surface area contributed by atoms with Gasteiger partial charge in [-0.25, -0.2) is 4.79 Å². The summed E-state index contributed by atoms with van der Waals surface area (Å²) in [5, 5.41) is 14.2. The predicted octanol–water partition coefficient (Wildman–Crippen LogP) is 2.98. The van der Waals surface area contributed by atoms with Crippen LogP contribution in [0, 0.1) is 18.8 Å². The zero-order chi connectivity index (χ0) is 15.1. The Hall–Kier alpha value is -2.77. The standard InChI is InChI=1S/C17H16N2O2/c1-13-7-9-15(10-8-13)18-17(21)19-16-6-2-4-14(12-16)5-3-11-20/h2,4,6-10,12,20H,11H2,1H3,(H2,18,19,21). The van der Waals surface area contributed by atoms with Gasteiger partial charge in [-0.2, -0.15) is 0 Å². The summed E-state index contributed by atoms with van der Waals surface area (Å²) in [6.07, 6.45) is 0. The zero-order valence-electron chi connectivity index (χ0n) is 11.7. The highest BCUT2D eigenvalue weighted by Crippen LogP contribution is 2.12. The van der Waals surface area contributed by atoms with Crippen LogP contribution in [0.1, 0.15) is 11.1 Å². The molecular formula is C17H16N2O2. The van der Waals surface area contributed by atoms with Crippen LogP contribution in [0.15, 0.2) is 48.5 Å². The second kappa shape index (κ2) is 7.13. The summed E-state index contributed by atoms with van der Waals surface area (Å²) in [4.78, 5) is 11.9. The third-order valence-corrected chi connectivity index (χ3v) is 2.74. The van der Waals surface area contributed by atoms with Crippen molar-refractivity contribution in [1.29, 1.82) is 0 Å². The first-order chi connectivity index (χ1) is 10.2. The number of urea groups is 1. The Morgan fingerprint density at radius 1 is 1.10 bits per heavy atom. The maximum atomic E-state index is 11.9. The molecule has 0 radical (unpaired) electrons. The minimum atomic E-state index is -0.314. The van der Waals surface area contributed by atoms with E-state index in [-0.39, 0.29) is 12.6 Å². The second-order valence-corrected chi connectivity index (χ2v) is 4.49. The first-order valence-electron chi connectivity index (χ1n) is 6.52. The molecule has 0 aromatic heterocycles. The van der Waals surface area contributed by atoms with Crippen molar-refractivity contribution in [2.45, 2.75) is 6.92 Å². The van der Waals surface area contributed by atoms with Gasteiger partial charge >= 0.3 is 6.03 Å². The van der Waals surface area contributed by atoms with Crippen LogP contribution in [0.4, 0.5) is 16.2 Å². The lowest BCUT2D eigenvalue weighted by molar-refractivity contribution is 0.262. The van der Waals surface area contributed by atoms with Gasteiger partial charge in [0.15, 0.2) is 0 Å². The first kappa shape index (κ1) is 14.6. The Balaban J connectivity index is 2.00. The normalized spacial score (nSPS) is 9.43. The quantitative estimate of drug-likeness (QED) is 0.741. The van der Waals surface area contributed by atoms with E-state index in [4.69, 9.17) is 5.11 Å². The first-order valence-corrected chi connectivity index (χ1v) is 6.52. The smallest absolute Gasteiger partial charge is 0.323 e. The molecule has 106 valence electrons. The predicted molar refractivity (Wildman–Crippen MR) is 84.2 cm³/mol. The summed E-state index contributed by atoms with van der Waals surface area (Å²) in [5.41, 5.74) is 3.24. The fraction of sp³-hybridized carbons (Fsp3) is 0.118. The van der Waals surface area contributed by atoms with Crippen molar-refractivity contribution in [3.8, 4) is 11.8 Å². The number of carbonyl (C=O) groups is 1. The molecule has 0 atom stereocenters. The summed E-state index contributed by atoms with van der Waals surface area (Å²) in [6, 6.07) is 14.4. The fourth-order valence-corrected chi connectivity index (χ4v) is 1.75. The number of aliphatic hydroxyl groups is 1. The minimum Gasteiger partial charge on any atom is -0.384 e. The van der Waals surface area contributed by atoms with Crippen molar-refractivity contribution in [3.05, 3.63) is 59.7 Å². The van der Waals surface area contributed by atoms with Crippen molar-refractivity contribution in [2.75, 3.05) is 17.2 Å². The molecule has 0 aliphatic carbocycles. The number of amides is 2. The number of carbonyl (C=O) groups excluding carboxylic acids is 1. The minimum absolute atomic E-state index is 0.189. The van der Waals surface area contributed by atoms with E-state index in [1.807, 2.05) is 37.3 Å². The molecule has 0 unspecified atom stereocenters. The van der Waals surface area contributed by atoms with E-state index < -0.39 is 0 Å². The van der Waals surface area contributed by atoms with Gasteiger partial charge in [0.2, 0.25) is 0 Å². The number of hydrogen-bond donors (Lipinski definition) is 3. The fourth-order valence-electron chi connectivity index (χ4n) is 1.75. The average Bonchev–Trinajstić information content (AvgIpc) is 2.48. The Kier molecular flexibility index (Phi) is 4.97. The number of rotatable bonds is 2. The van der Waals surface area contributed by atoms with Crippen molar-refractivity contribution in [1.82, 2.24) is 0 Å². The van der Waals surface area contributed by atoms with Crippen molar-refractivity contribution >= 4 is 17.4 Å². The number of hydrogen-bond acceptors (Lipinski definition) is 2. The molecule has 3 N–H and O–H groups in total. The van der Waals surface area contributed by atoms with Crippen LogP contribution in [0.2, 0.25) is 0 Å². The highest BCUT2D eigenvalue weighted by molar-refractivity contribution is 5.99.